The highest BCUT2D eigenvalue weighted by Crippen LogP contribution is 2.35. The zero-order valence-corrected chi connectivity index (χ0v) is 13.9. The van der Waals surface area contributed by atoms with Crippen LogP contribution in [-0.4, -0.2) is 18.9 Å². The summed E-state index contributed by atoms with van der Waals surface area (Å²) in [4.78, 5) is 0. The van der Waals surface area contributed by atoms with Gasteiger partial charge >= 0.3 is 6.18 Å². The van der Waals surface area contributed by atoms with Crippen molar-refractivity contribution < 1.29 is 17.9 Å². The van der Waals surface area contributed by atoms with Crippen LogP contribution in [0.2, 0.25) is 0 Å². The molecule has 0 aromatic carbocycles. The first-order valence-corrected chi connectivity index (χ1v) is 7.56. The van der Waals surface area contributed by atoms with Crippen LogP contribution in [0.1, 0.15) is 40.5 Å². The van der Waals surface area contributed by atoms with Gasteiger partial charge in [0.15, 0.2) is 0 Å². The summed E-state index contributed by atoms with van der Waals surface area (Å²) >= 11 is 0. The Kier molecular flexibility index (Phi) is 9.18. The molecule has 0 fully saturated rings. The summed E-state index contributed by atoms with van der Waals surface area (Å²) in [5.41, 5.74) is 7.44. The molecule has 0 aliphatic rings. The van der Waals surface area contributed by atoms with Crippen LogP contribution in [0, 0.1) is 11.8 Å². The number of halogens is 3. The van der Waals surface area contributed by atoms with Gasteiger partial charge in [-0.2, -0.15) is 13.2 Å². The van der Waals surface area contributed by atoms with Gasteiger partial charge in [-0.25, -0.2) is 0 Å². The third-order valence-corrected chi connectivity index (χ3v) is 3.78. The molecule has 0 bridgehead atoms. The molecule has 0 heterocycles. The molecule has 0 aromatic heterocycles. The molecule has 0 saturated heterocycles. The lowest BCUT2D eigenvalue weighted by atomic mass is 9.89. The zero-order chi connectivity index (χ0) is 17.3. The molecule has 0 aliphatic heterocycles. The number of hydrogen-bond acceptors (Lipinski definition) is 2. The van der Waals surface area contributed by atoms with E-state index in [1.807, 2.05) is 19.1 Å². The molecule has 0 radical (unpaired) electrons. The smallest absolute Gasteiger partial charge is 0.395 e. The largest absolute Gasteiger partial charge is 0.402 e. The fraction of sp³-hybridized carbons (Fsp3) is 0.647. The van der Waals surface area contributed by atoms with Crippen LogP contribution in [0.5, 0.6) is 0 Å². The fourth-order valence-electron chi connectivity index (χ4n) is 2.09. The van der Waals surface area contributed by atoms with Crippen LogP contribution in [0.4, 0.5) is 13.2 Å². The van der Waals surface area contributed by atoms with Gasteiger partial charge in [0, 0.05) is 5.70 Å². The Labute approximate surface area is 131 Å². The SMILES string of the molecule is C=CC([C@H](C)[C@H](C)OCC/C(=C/C=C(\C)N)CC)C(F)(F)F. The minimum atomic E-state index is -4.28. The zero-order valence-electron chi connectivity index (χ0n) is 13.9. The van der Waals surface area contributed by atoms with E-state index in [4.69, 9.17) is 10.5 Å². The molecule has 0 aromatic rings. The Morgan fingerprint density at radius 2 is 1.86 bits per heavy atom. The molecule has 0 saturated carbocycles. The predicted molar refractivity (Wildman–Crippen MR) is 85.3 cm³/mol. The molecular formula is C17H28F3NO. The maximum atomic E-state index is 12.9. The van der Waals surface area contributed by atoms with E-state index >= 15 is 0 Å². The molecule has 5 heteroatoms. The first-order chi connectivity index (χ1) is 10.1. The number of alkyl halides is 3. The molecule has 0 amide bonds. The third kappa shape index (κ3) is 7.69. The average molecular weight is 319 g/mol. The summed E-state index contributed by atoms with van der Waals surface area (Å²) in [7, 11) is 0. The maximum absolute atomic E-state index is 12.9. The van der Waals surface area contributed by atoms with Gasteiger partial charge in [0.1, 0.15) is 0 Å². The minimum absolute atomic E-state index is 0.393. The van der Waals surface area contributed by atoms with Gasteiger partial charge in [-0.05, 0) is 38.7 Å². The van der Waals surface area contributed by atoms with Crippen LogP contribution >= 0.6 is 0 Å². The number of hydrogen-bond donors (Lipinski definition) is 1. The monoisotopic (exact) mass is 319 g/mol. The first-order valence-electron chi connectivity index (χ1n) is 7.56. The van der Waals surface area contributed by atoms with E-state index in [9.17, 15) is 13.2 Å². The Balaban J connectivity index is 4.49. The minimum Gasteiger partial charge on any atom is -0.402 e. The Morgan fingerprint density at radius 3 is 2.27 bits per heavy atom. The van der Waals surface area contributed by atoms with Crippen molar-refractivity contribution in [2.24, 2.45) is 17.6 Å². The van der Waals surface area contributed by atoms with E-state index in [2.05, 4.69) is 6.58 Å². The van der Waals surface area contributed by atoms with Crippen LogP contribution in [0.3, 0.4) is 0 Å². The molecule has 128 valence electrons. The molecule has 0 rings (SSSR count). The lowest BCUT2D eigenvalue weighted by Crippen LogP contribution is -2.34. The summed E-state index contributed by atoms with van der Waals surface area (Å²) in [6.07, 6.45) is 1.48. The molecule has 2 N–H and O–H groups in total. The van der Waals surface area contributed by atoms with Gasteiger partial charge in [0.05, 0.1) is 18.6 Å². The van der Waals surface area contributed by atoms with E-state index in [0.29, 0.717) is 18.7 Å². The van der Waals surface area contributed by atoms with Crippen LogP contribution in [0.25, 0.3) is 0 Å². The van der Waals surface area contributed by atoms with Crippen molar-refractivity contribution >= 4 is 0 Å². The van der Waals surface area contributed by atoms with Crippen LogP contribution in [0.15, 0.2) is 36.1 Å². The molecule has 1 unspecified atom stereocenters. The maximum Gasteiger partial charge on any atom is 0.395 e. The molecule has 0 aliphatic carbocycles. The van der Waals surface area contributed by atoms with Crippen LogP contribution < -0.4 is 5.73 Å². The third-order valence-electron chi connectivity index (χ3n) is 3.78. The highest BCUT2D eigenvalue weighted by molar-refractivity contribution is 5.15. The van der Waals surface area contributed by atoms with Crippen molar-refractivity contribution in [3.63, 3.8) is 0 Å². The summed E-state index contributed by atoms with van der Waals surface area (Å²) in [6.45, 7) is 10.7. The standard InChI is InChI=1S/C17H28F3NO/c1-6-15(9-8-12(3)21)10-11-22-14(5)13(4)16(7-2)17(18,19)20/h7-9,13-14,16H,2,6,10-11,21H2,1,3-5H3/b12-8+,15-9+/t13-,14+,16?/m1/s1. The Hall–Kier alpha value is -1.23. The Bertz CT molecular complexity index is 395. The first kappa shape index (κ1) is 20.8. The number of ether oxygens (including phenoxy) is 1. The van der Waals surface area contributed by atoms with Crippen molar-refractivity contribution in [3.8, 4) is 0 Å². The van der Waals surface area contributed by atoms with Gasteiger partial charge < -0.3 is 10.5 Å². The van der Waals surface area contributed by atoms with Crippen molar-refractivity contribution in [2.45, 2.75) is 52.8 Å². The number of nitrogens with two attached hydrogens (primary N) is 1. The molecular weight excluding hydrogens is 291 g/mol. The summed E-state index contributed by atoms with van der Waals surface area (Å²) in [5, 5.41) is 0. The molecule has 0 spiro atoms. The van der Waals surface area contributed by atoms with Gasteiger partial charge in [-0.15, -0.1) is 6.58 Å². The highest BCUT2D eigenvalue weighted by atomic mass is 19.4. The van der Waals surface area contributed by atoms with Gasteiger partial charge in [0.2, 0.25) is 0 Å². The molecule has 2 nitrogen and oxygen atoms in total. The van der Waals surface area contributed by atoms with Crippen LogP contribution in [-0.2, 0) is 4.74 Å². The second kappa shape index (κ2) is 9.72. The van der Waals surface area contributed by atoms with E-state index in [1.165, 1.54) is 0 Å². The quantitative estimate of drug-likeness (QED) is 0.480. The average Bonchev–Trinajstić information content (AvgIpc) is 2.41. The fourth-order valence-corrected chi connectivity index (χ4v) is 2.09. The lowest BCUT2D eigenvalue weighted by Gasteiger charge is -2.28. The van der Waals surface area contributed by atoms with Crippen molar-refractivity contribution in [1.29, 1.82) is 0 Å². The summed E-state index contributed by atoms with van der Waals surface area (Å²) in [5.74, 6) is -2.22. The summed E-state index contributed by atoms with van der Waals surface area (Å²) in [6, 6.07) is 0. The van der Waals surface area contributed by atoms with E-state index in [0.717, 1.165) is 18.1 Å². The topological polar surface area (TPSA) is 35.2 Å². The Morgan fingerprint density at radius 1 is 1.27 bits per heavy atom. The predicted octanol–water partition coefficient (Wildman–Crippen LogP) is 4.98. The highest BCUT2D eigenvalue weighted by Gasteiger charge is 2.42. The lowest BCUT2D eigenvalue weighted by molar-refractivity contribution is -0.183. The molecule has 22 heavy (non-hydrogen) atoms. The molecule has 3 atom stereocenters. The van der Waals surface area contributed by atoms with Gasteiger partial charge in [0.25, 0.3) is 0 Å². The normalized spacial score (nSPS) is 18.0. The van der Waals surface area contributed by atoms with E-state index in [-0.39, 0.29) is 0 Å². The van der Waals surface area contributed by atoms with Crippen molar-refractivity contribution in [2.75, 3.05) is 6.61 Å². The van der Waals surface area contributed by atoms with Crippen molar-refractivity contribution in [3.05, 3.63) is 36.1 Å². The van der Waals surface area contributed by atoms with E-state index in [1.54, 1.807) is 20.8 Å². The van der Waals surface area contributed by atoms with Gasteiger partial charge in [-0.3, -0.25) is 0 Å². The second-order valence-corrected chi connectivity index (χ2v) is 5.58. The number of rotatable bonds is 9. The van der Waals surface area contributed by atoms with Crippen molar-refractivity contribution in [1.82, 2.24) is 0 Å². The summed E-state index contributed by atoms with van der Waals surface area (Å²) < 4.78 is 44.2. The van der Waals surface area contributed by atoms with Gasteiger partial charge in [-0.1, -0.05) is 31.6 Å². The van der Waals surface area contributed by atoms with E-state index < -0.39 is 24.1 Å². The second-order valence-electron chi connectivity index (χ2n) is 5.58. The number of allylic oxidation sites excluding steroid dienone is 4.